The summed E-state index contributed by atoms with van der Waals surface area (Å²) in [6.45, 7) is 2.26. The zero-order valence-electron chi connectivity index (χ0n) is 14.9. The minimum absolute atomic E-state index is 0.309. The number of carbonyl (C=O) groups is 1. The van der Waals surface area contributed by atoms with Gasteiger partial charge in [-0.05, 0) is 80.9 Å². The lowest BCUT2D eigenvalue weighted by Crippen LogP contribution is -2.22. The standard InChI is InChI=1S/C18H29NO.C2H4O2/c19-14-18-10-8-17(9-11-18)13-16-6-4-15(5-7-16)3-1-2-12-20;1-2(3)4/h4-7,17-18,20H,1-3,8-14,19H2;1H3,(H,3,4). The fraction of sp³-hybridized carbons (Fsp3) is 0.650. The van der Waals surface area contributed by atoms with Crippen molar-refractivity contribution in [3.05, 3.63) is 35.4 Å². The predicted molar refractivity (Wildman–Crippen MR) is 98.0 cm³/mol. The predicted octanol–water partition coefficient (Wildman–Crippen LogP) is 3.40. The number of carboxylic acids is 1. The number of carboxylic acid groups (broad SMARTS) is 1. The van der Waals surface area contributed by atoms with Gasteiger partial charge in [0.1, 0.15) is 0 Å². The van der Waals surface area contributed by atoms with Crippen molar-refractivity contribution >= 4 is 5.97 Å². The van der Waals surface area contributed by atoms with Crippen molar-refractivity contribution in [1.82, 2.24) is 0 Å². The number of aliphatic carboxylic acids is 1. The zero-order chi connectivity index (χ0) is 17.8. The maximum absolute atomic E-state index is 9.00. The first kappa shape index (κ1) is 20.7. The van der Waals surface area contributed by atoms with Gasteiger partial charge in [-0.15, -0.1) is 0 Å². The normalized spacial score (nSPS) is 20.1. The molecular formula is C20H33NO3. The van der Waals surface area contributed by atoms with E-state index >= 15 is 0 Å². The maximum Gasteiger partial charge on any atom is 0.300 e. The van der Waals surface area contributed by atoms with Crippen molar-refractivity contribution in [2.75, 3.05) is 13.2 Å². The van der Waals surface area contributed by atoms with Gasteiger partial charge >= 0.3 is 0 Å². The van der Waals surface area contributed by atoms with Crippen LogP contribution in [0.2, 0.25) is 0 Å². The highest BCUT2D eigenvalue weighted by molar-refractivity contribution is 5.62. The van der Waals surface area contributed by atoms with Crippen LogP contribution in [0.4, 0.5) is 0 Å². The minimum Gasteiger partial charge on any atom is -0.481 e. The number of aryl methyl sites for hydroxylation is 1. The number of aliphatic hydroxyl groups is 1. The first-order chi connectivity index (χ1) is 11.5. The van der Waals surface area contributed by atoms with Crippen LogP contribution in [0.1, 0.15) is 56.6 Å². The molecule has 0 bridgehead atoms. The third-order valence-electron chi connectivity index (χ3n) is 4.72. The summed E-state index contributed by atoms with van der Waals surface area (Å²) < 4.78 is 0. The minimum atomic E-state index is -0.833. The summed E-state index contributed by atoms with van der Waals surface area (Å²) in [6, 6.07) is 9.11. The Balaban J connectivity index is 0.000000648. The molecule has 0 atom stereocenters. The van der Waals surface area contributed by atoms with E-state index in [2.05, 4.69) is 24.3 Å². The zero-order valence-corrected chi connectivity index (χ0v) is 14.9. The summed E-state index contributed by atoms with van der Waals surface area (Å²) in [6.07, 6.45) is 9.64. The van der Waals surface area contributed by atoms with Crippen molar-refractivity contribution < 1.29 is 15.0 Å². The smallest absolute Gasteiger partial charge is 0.300 e. The summed E-state index contributed by atoms with van der Waals surface area (Å²) >= 11 is 0. The number of hydrogen-bond donors (Lipinski definition) is 3. The summed E-state index contributed by atoms with van der Waals surface area (Å²) in [7, 11) is 0. The van der Waals surface area contributed by atoms with E-state index in [1.165, 1.54) is 43.2 Å². The number of benzene rings is 1. The van der Waals surface area contributed by atoms with Crippen LogP contribution in [0.15, 0.2) is 24.3 Å². The van der Waals surface area contributed by atoms with Crippen LogP contribution in [0.5, 0.6) is 0 Å². The first-order valence-corrected chi connectivity index (χ1v) is 9.13. The van der Waals surface area contributed by atoms with Gasteiger partial charge in [-0.3, -0.25) is 4.79 Å². The van der Waals surface area contributed by atoms with Gasteiger partial charge in [-0.25, -0.2) is 0 Å². The molecule has 136 valence electrons. The summed E-state index contributed by atoms with van der Waals surface area (Å²) in [5, 5.41) is 16.2. The molecule has 0 spiro atoms. The third kappa shape index (κ3) is 9.04. The van der Waals surface area contributed by atoms with Gasteiger partial charge in [0.05, 0.1) is 0 Å². The topological polar surface area (TPSA) is 83.5 Å². The number of rotatable bonds is 7. The van der Waals surface area contributed by atoms with Crippen LogP contribution in [-0.2, 0) is 17.6 Å². The Morgan fingerprint density at radius 2 is 1.54 bits per heavy atom. The molecule has 0 aromatic heterocycles. The van der Waals surface area contributed by atoms with Gasteiger partial charge in [0.2, 0.25) is 0 Å². The monoisotopic (exact) mass is 335 g/mol. The van der Waals surface area contributed by atoms with E-state index in [-0.39, 0.29) is 0 Å². The molecule has 0 amide bonds. The second-order valence-electron chi connectivity index (χ2n) is 6.84. The van der Waals surface area contributed by atoms with Gasteiger partial charge in [0, 0.05) is 13.5 Å². The molecule has 4 N–H and O–H groups in total. The molecule has 0 saturated heterocycles. The van der Waals surface area contributed by atoms with E-state index in [0.717, 1.165) is 44.6 Å². The number of hydrogen-bond acceptors (Lipinski definition) is 3. The number of aliphatic hydroxyl groups excluding tert-OH is 1. The Labute approximate surface area is 146 Å². The van der Waals surface area contributed by atoms with Crippen molar-refractivity contribution in [1.29, 1.82) is 0 Å². The molecule has 4 heteroatoms. The molecule has 1 aromatic rings. The van der Waals surface area contributed by atoms with Crippen molar-refractivity contribution in [2.45, 2.75) is 58.3 Å². The largest absolute Gasteiger partial charge is 0.481 e. The van der Waals surface area contributed by atoms with Crippen molar-refractivity contribution in [3.8, 4) is 0 Å². The fourth-order valence-electron chi connectivity index (χ4n) is 3.29. The molecule has 1 aliphatic rings. The molecule has 1 aromatic carbocycles. The molecule has 1 fully saturated rings. The maximum atomic E-state index is 9.00. The average Bonchev–Trinajstić information content (AvgIpc) is 2.57. The van der Waals surface area contributed by atoms with Crippen LogP contribution in [0.3, 0.4) is 0 Å². The molecule has 4 nitrogen and oxygen atoms in total. The van der Waals surface area contributed by atoms with Gasteiger partial charge in [0.15, 0.2) is 0 Å². The molecule has 1 saturated carbocycles. The Morgan fingerprint density at radius 3 is 2.04 bits per heavy atom. The lowest BCUT2D eigenvalue weighted by Gasteiger charge is -2.27. The molecule has 0 radical (unpaired) electrons. The summed E-state index contributed by atoms with van der Waals surface area (Å²) in [5.41, 5.74) is 8.63. The Bertz CT molecular complexity index is 446. The third-order valence-corrected chi connectivity index (χ3v) is 4.72. The highest BCUT2D eigenvalue weighted by atomic mass is 16.4. The van der Waals surface area contributed by atoms with Gasteiger partial charge in [-0.1, -0.05) is 24.3 Å². The van der Waals surface area contributed by atoms with E-state index in [9.17, 15) is 0 Å². The van der Waals surface area contributed by atoms with Gasteiger partial charge in [0.25, 0.3) is 5.97 Å². The van der Waals surface area contributed by atoms with Gasteiger partial charge < -0.3 is 15.9 Å². The number of unbranched alkanes of at least 4 members (excludes halogenated alkanes) is 1. The van der Waals surface area contributed by atoms with E-state index in [4.69, 9.17) is 20.7 Å². The Kier molecular flexibility index (Phi) is 10.4. The molecule has 0 aliphatic heterocycles. The summed E-state index contributed by atoms with van der Waals surface area (Å²) in [5.74, 6) is 0.804. The van der Waals surface area contributed by atoms with Crippen LogP contribution < -0.4 is 5.73 Å². The van der Waals surface area contributed by atoms with Crippen molar-refractivity contribution in [3.63, 3.8) is 0 Å². The van der Waals surface area contributed by atoms with Crippen LogP contribution in [0.25, 0.3) is 0 Å². The Hall–Kier alpha value is -1.39. The quantitative estimate of drug-likeness (QED) is 0.667. The van der Waals surface area contributed by atoms with Crippen LogP contribution >= 0.6 is 0 Å². The molecular weight excluding hydrogens is 302 g/mol. The van der Waals surface area contributed by atoms with Crippen LogP contribution in [-0.4, -0.2) is 29.3 Å². The molecule has 24 heavy (non-hydrogen) atoms. The van der Waals surface area contributed by atoms with Crippen molar-refractivity contribution in [2.24, 2.45) is 17.6 Å². The molecule has 2 rings (SSSR count). The highest BCUT2D eigenvalue weighted by Crippen LogP contribution is 2.30. The first-order valence-electron chi connectivity index (χ1n) is 9.13. The summed E-state index contributed by atoms with van der Waals surface area (Å²) in [4.78, 5) is 9.00. The molecule has 0 heterocycles. The van der Waals surface area contributed by atoms with E-state index in [0.29, 0.717) is 6.61 Å². The number of nitrogens with two attached hydrogens (primary N) is 1. The van der Waals surface area contributed by atoms with Crippen LogP contribution in [0, 0.1) is 11.8 Å². The second kappa shape index (κ2) is 12.0. The second-order valence-corrected chi connectivity index (χ2v) is 6.84. The highest BCUT2D eigenvalue weighted by Gasteiger charge is 2.20. The van der Waals surface area contributed by atoms with E-state index < -0.39 is 5.97 Å². The Morgan fingerprint density at radius 1 is 1.04 bits per heavy atom. The lowest BCUT2D eigenvalue weighted by molar-refractivity contribution is -0.134. The SMILES string of the molecule is CC(=O)O.NCC1CCC(Cc2ccc(CCCCO)cc2)CC1. The average molecular weight is 335 g/mol. The molecule has 1 aliphatic carbocycles. The lowest BCUT2D eigenvalue weighted by atomic mass is 9.79. The fourth-order valence-corrected chi connectivity index (χ4v) is 3.29. The van der Waals surface area contributed by atoms with Gasteiger partial charge in [-0.2, -0.15) is 0 Å². The molecule has 0 unspecified atom stereocenters. The van der Waals surface area contributed by atoms with E-state index in [1.807, 2.05) is 0 Å². The van der Waals surface area contributed by atoms with E-state index in [1.54, 1.807) is 0 Å².